The SMILES string of the molecule is COc1ccccc1N1CCN(C(=O)c2cc3ccc(F)cc3n2C)CC1. The fourth-order valence-electron chi connectivity index (χ4n) is 3.71. The van der Waals surface area contributed by atoms with E-state index < -0.39 is 0 Å². The number of amides is 1. The summed E-state index contributed by atoms with van der Waals surface area (Å²) in [5.41, 5.74) is 2.36. The van der Waals surface area contributed by atoms with E-state index in [-0.39, 0.29) is 11.7 Å². The van der Waals surface area contributed by atoms with Gasteiger partial charge in [0.15, 0.2) is 0 Å². The average molecular weight is 367 g/mol. The Labute approximate surface area is 157 Å². The molecule has 1 aromatic heterocycles. The molecule has 140 valence electrons. The quantitative estimate of drug-likeness (QED) is 0.713. The molecule has 0 spiro atoms. The maximum absolute atomic E-state index is 13.5. The Bertz CT molecular complexity index is 990. The van der Waals surface area contributed by atoms with Crippen LogP contribution in [0.3, 0.4) is 0 Å². The van der Waals surface area contributed by atoms with Crippen LogP contribution in [-0.2, 0) is 7.05 Å². The Hall–Kier alpha value is -3.02. The number of halogens is 1. The standard InChI is InChI=1S/C21H22FN3O2/c1-23-18-14-16(22)8-7-15(18)13-19(23)21(26)25-11-9-24(10-12-25)17-5-3-4-6-20(17)27-2/h3-8,13-14H,9-12H2,1-2H3. The molecule has 1 amide bonds. The minimum absolute atomic E-state index is 0.0196. The Kier molecular flexibility index (Phi) is 4.48. The van der Waals surface area contributed by atoms with E-state index in [0.29, 0.717) is 18.8 Å². The molecule has 0 saturated carbocycles. The number of methoxy groups -OCH3 is 1. The van der Waals surface area contributed by atoms with Crippen LogP contribution in [0.25, 0.3) is 10.9 Å². The number of benzene rings is 2. The predicted octanol–water partition coefficient (Wildman–Crippen LogP) is 3.29. The van der Waals surface area contributed by atoms with Crippen molar-refractivity contribution in [3.63, 3.8) is 0 Å². The third-order valence-electron chi connectivity index (χ3n) is 5.22. The van der Waals surface area contributed by atoms with Gasteiger partial charge in [0.1, 0.15) is 17.3 Å². The van der Waals surface area contributed by atoms with Crippen LogP contribution in [0.4, 0.5) is 10.1 Å². The van der Waals surface area contributed by atoms with Crippen molar-refractivity contribution in [3.05, 3.63) is 60.0 Å². The second kappa shape index (κ2) is 6.95. The molecule has 27 heavy (non-hydrogen) atoms. The summed E-state index contributed by atoms with van der Waals surface area (Å²) >= 11 is 0. The van der Waals surface area contributed by atoms with E-state index in [1.54, 1.807) is 24.8 Å². The molecule has 6 heteroatoms. The van der Waals surface area contributed by atoms with Gasteiger partial charge in [0, 0.05) is 38.6 Å². The van der Waals surface area contributed by atoms with Gasteiger partial charge in [-0.05, 0) is 36.4 Å². The van der Waals surface area contributed by atoms with Crippen molar-refractivity contribution in [1.82, 2.24) is 9.47 Å². The van der Waals surface area contributed by atoms with E-state index in [1.807, 2.05) is 35.2 Å². The Morgan fingerprint density at radius 3 is 2.52 bits per heavy atom. The van der Waals surface area contributed by atoms with Gasteiger partial charge < -0.3 is 19.1 Å². The van der Waals surface area contributed by atoms with Gasteiger partial charge in [0.25, 0.3) is 5.91 Å². The molecule has 1 aliphatic heterocycles. The van der Waals surface area contributed by atoms with Gasteiger partial charge in [-0.2, -0.15) is 0 Å². The Morgan fingerprint density at radius 2 is 1.78 bits per heavy atom. The number of carbonyl (C=O) groups excluding carboxylic acids is 1. The molecule has 2 heterocycles. The minimum Gasteiger partial charge on any atom is -0.495 e. The van der Waals surface area contributed by atoms with Crippen molar-refractivity contribution in [1.29, 1.82) is 0 Å². The first-order valence-corrected chi connectivity index (χ1v) is 9.00. The van der Waals surface area contributed by atoms with Crippen LogP contribution in [0.2, 0.25) is 0 Å². The maximum Gasteiger partial charge on any atom is 0.270 e. The Balaban J connectivity index is 1.51. The summed E-state index contributed by atoms with van der Waals surface area (Å²) < 4.78 is 20.7. The highest BCUT2D eigenvalue weighted by Gasteiger charge is 2.25. The van der Waals surface area contributed by atoms with Gasteiger partial charge >= 0.3 is 0 Å². The summed E-state index contributed by atoms with van der Waals surface area (Å²) in [5, 5.41) is 0.870. The lowest BCUT2D eigenvalue weighted by molar-refractivity contribution is 0.0737. The first-order valence-electron chi connectivity index (χ1n) is 9.00. The number of para-hydroxylation sites is 2. The number of nitrogens with zero attached hydrogens (tertiary/aromatic N) is 3. The highest BCUT2D eigenvalue weighted by molar-refractivity contribution is 5.98. The van der Waals surface area contributed by atoms with Crippen LogP contribution in [0.1, 0.15) is 10.5 Å². The highest BCUT2D eigenvalue weighted by atomic mass is 19.1. The number of rotatable bonds is 3. The normalized spacial score (nSPS) is 14.6. The molecule has 0 bridgehead atoms. The van der Waals surface area contributed by atoms with Crippen molar-refractivity contribution in [2.75, 3.05) is 38.2 Å². The number of hydrogen-bond acceptors (Lipinski definition) is 3. The predicted molar refractivity (Wildman–Crippen MR) is 104 cm³/mol. The summed E-state index contributed by atoms with van der Waals surface area (Å²) in [7, 11) is 3.47. The van der Waals surface area contributed by atoms with Gasteiger partial charge in [-0.25, -0.2) is 4.39 Å². The molecule has 0 radical (unpaired) electrons. The van der Waals surface area contributed by atoms with Crippen molar-refractivity contribution in [2.24, 2.45) is 7.05 Å². The van der Waals surface area contributed by atoms with Crippen LogP contribution in [0.15, 0.2) is 48.5 Å². The zero-order valence-corrected chi connectivity index (χ0v) is 15.5. The largest absolute Gasteiger partial charge is 0.495 e. The minimum atomic E-state index is -0.298. The molecule has 0 N–H and O–H groups in total. The molecule has 3 aromatic rings. The molecule has 4 rings (SSSR count). The van der Waals surface area contributed by atoms with E-state index in [2.05, 4.69) is 4.90 Å². The van der Waals surface area contributed by atoms with Crippen molar-refractivity contribution >= 4 is 22.5 Å². The molecule has 0 aliphatic carbocycles. The summed E-state index contributed by atoms with van der Waals surface area (Å²) in [6, 6.07) is 14.4. The lowest BCUT2D eigenvalue weighted by Gasteiger charge is -2.36. The lowest BCUT2D eigenvalue weighted by atomic mass is 10.2. The molecule has 5 nitrogen and oxygen atoms in total. The topological polar surface area (TPSA) is 37.7 Å². The number of carbonyl (C=O) groups is 1. The number of hydrogen-bond donors (Lipinski definition) is 0. The van der Waals surface area contributed by atoms with Gasteiger partial charge in [-0.1, -0.05) is 12.1 Å². The maximum atomic E-state index is 13.5. The molecule has 1 aliphatic rings. The molecular weight excluding hydrogens is 345 g/mol. The first kappa shape index (κ1) is 17.4. The summed E-state index contributed by atoms with van der Waals surface area (Å²) in [6.07, 6.45) is 0. The lowest BCUT2D eigenvalue weighted by Crippen LogP contribution is -2.49. The van der Waals surface area contributed by atoms with Crippen LogP contribution in [-0.4, -0.2) is 48.7 Å². The first-order chi connectivity index (χ1) is 13.1. The Morgan fingerprint density at radius 1 is 1.04 bits per heavy atom. The fraction of sp³-hybridized carbons (Fsp3) is 0.286. The van der Waals surface area contributed by atoms with Gasteiger partial charge in [0.05, 0.1) is 18.3 Å². The third-order valence-corrected chi connectivity index (χ3v) is 5.22. The molecule has 1 saturated heterocycles. The van der Waals surface area contributed by atoms with Crippen LogP contribution < -0.4 is 9.64 Å². The molecule has 2 aromatic carbocycles. The van der Waals surface area contributed by atoms with Gasteiger partial charge in [-0.15, -0.1) is 0 Å². The highest BCUT2D eigenvalue weighted by Crippen LogP contribution is 2.29. The summed E-state index contributed by atoms with van der Waals surface area (Å²) in [4.78, 5) is 17.1. The van der Waals surface area contributed by atoms with Crippen molar-refractivity contribution in [3.8, 4) is 5.75 Å². The number of ether oxygens (including phenoxy) is 1. The number of anilines is 1. The van der Waals surface area contributed by atoms with E-state index in [4.69, 9.17) is 4.74 Å². The molecular formula is C21H22FN3O2. The van der Waals surface area contributed by atoms with Crippen LogP contribution in [0, 0.1) is 5.82 Å². The summed E-state index contributed by atoms with van der Waals surface area (Å²) in [5.74, 6) is 0.523. The number of piperazine rings is 1. The van der Waals surface area contributed by atoms with Gasteiger partial charge in [-0.3, -0.25) is 4.79 Å². The fourth-order valence-corrected chi connectivity index (χ4v) is 3.71. The molecule has 1 fully saturated rings. The van der Waals surface area contributed by atoms with Crippen LogP contribution >= 0.6 is 0 Å². The molecule has 0 atom stereocenters. The van der Waals surface area contributed by atoms with E-state index >= 15 is 0 Å². The van der Waals surface area contributed by atoms with E-state index in [1.165, 1.54) is 12.1 Å². The summed E-state index contributed by atoms with van der Waals surface area (Å²) in [6.45, 7) is 2.74. The monoisotopic (exact) mass is 367 g/mol. The smallest absolute Gasteiger partial charge is 0.270 e. The zero-order chi connectivity index (χ0) is 19.0. The number of aryl methyl sites for hydroxylation is 1. The third kappa shape index (κ3) is 3.12. The number of fused-ring (bicyclic) bond motifs is 1. The van der Waals surface area contributed by atoms with Crippen molar-refractivity contribution < 1.29 is 13.9 Å². The van der Waals surface area contributed by atoms with Crippen LogP contribution in [0.5, 0.6) is 5.75 Å². The van der Waals surface area contributed by atoms with E-state index in [9.17, 15) is 9.18 Å². The van der Waals surface area contributed by atoms with Gasteiger partial charge in [0.2, 0.25) is 0 Å². The second-order valence-corrected chi connectivity index (χ2v) is 6.74. The zero-order valence-electron chi connectivity index (χ0n) is 15.5. The molecule has 0 unspecified atom stereocenters. The number of aromatic nitrogens is 1. The average Bonchev–Trinajstić information content (AvgIpc) is 3.03. The second-order valence-electron chi connectivity index (χ2n) is 6.74. The van der Waals surface area contributed by atoms with E-state index in [0.717, 1.165) is 35.4 Å². The van der Waals surface area contributed by atoms with Crippen molar-refractivity contribution in [2.45, 2.75) is 0 Å².